The summed E-state index contributed by atoms with van der Waals surface area (Å²) in [5.74, 6) is -0.306. The van der Waals surface area contributed by atoms with Gasteiger partial charge < -0.3 is 35.9 Å². The summed E-state index contributed by atoms with van der Waals surface area (Å²) < 4.78 is 11.2. The molecule has 6 rings (SSSR count). The molecular formula is C33H42N12O7. The number of aliphatic hydroxyl groups excluding tert-OH is 2. The molecule has 0 spiro atoms. The molecule has 52 heavy (non-hydrogen) atoms. The van der Waals surface area contributed by atoms with Crippen LogP contribution in [-0.2, 0) is 47.3 Å². The van der Waals surface area contributed by atoms with Crippen LogP contribution in [0.15, 0.2) is 40.2 Å². The molecule has 1 aromatic carbocycles. The Morgan fingerprint density at radius 3 is 2.31 bits per heavy atom. The molecular weight excluding hydrogens is 676 g/mol. The molecule has 4 aromatic heterocycles. The molecule has 0 bridgehead atoms. The second-order valence-electron chi connectivity index (χ2n) is 12.4. The maximum atomic E-state index is 12.9. The number of hydrogen-bond acceptors (Lipinski definition) is 13. The Morgan fingerprint density at radius 1 is 0.942 bits per heavy atom. The number of nitrogens with one attached hydrogen (secondary N) is 3. The number of hydrogen-bond donors (Lipinski definition) is 6. The molecule has 19 heteroatoms. The third-order valence-corrected chi connectivity index (χ3v) is 9.06. The Kier molecular flexibility index (Phi) is 10.4. The normalized spacial score (nSPS) is 18.7. The molecule has 276 valence electrons. The quantitative estimate of drug-likeness (QED) is 0.0911. The largest absolute Gasteiger partial charge is 0.387 e. The number of rotatable bonds is 13. The van der Waals surface area contributed by atoms with Gasteiger partial charge in [0, 0.05) is 39.6 Å². The number of carbonyl (C=O) groups is 2. The summed E-state index contributed by atoms with van der Waals surface area (Å²) in [6.07, 6.45) is -2.64. The summed E-state index contributed by atoms with van der Waals surface area (Å²) in [6.45, 7) is 6.60. The molecule has 1 fully saturated rings. The minimum Gasteiger partial charge on any atom is -0.387 e. The molecule has 0 unspecified atom stereocenters. The molecule has 7 N–H and O–H groups in total. The van der Waals surface area contributed by atoms with E-state index < -0.39 is 41.7 Å². The number of benzene rings is 1. The number of likely N-dealkylation sites (N-methyl/N-ethyl adjacent to an activating group) is 1. The molecule has 19 nitrogen and oxygen atoms in total. The Labute approximate surface area is 296 Å². The van der Waals surface area contributed by atoms with Crippen molar-refractivity contribution in [3.63, 3.8) is 0 Å². The van der Waals surface area contributed by atoms with Crippen LogP contribution in [0.2, 0.25) is 0 Å². The van der Waals surface area contributed by atoms with Gasteiger partial charge in [0.25, 0.3) is 11.5 Å². The first-order valence-electron chi connectivity index (χ1n) is 17.1. The first kappa shape index (κ1) is 36.1. The van der Waals surface area contributed by atoms with Crippen LogP contribution in [0.25, 0.3) is 22.3 Å². The van der Waals surface area contributed by atoms with Gasteiger partial charge in [-0.15, -0.1) is 0 Å². The van der Waals surface area contributed by atoms with Crippen molar-refractivity contribution < 1.29 is 24.5 Å². The number of amides is 2. The van der Waals surface area contributed by atoms with E-state index in [1.807, 2.05) is 24.3 Å². The lowest BCUT2D eigenvalue weighted by Crippen LogP contribution is -2.42. The highest BCUT2D eigenvalue weighted by atomic mass is 16.6. The fraction of sp³-hybridized carbons (Fsp3) is 0.455. The molecule has 2 amide bonds. The van der Waals surface area contributed by atoms with Crippen molar-refractivity contribution in [3.8, 4) is 0 Å². The fourth-order valence-corrected chi connectivity index (χ4v) is 6.26. The van der Waals surface area contributed by atoms with E-state index in [1.54, 1.807) is 27.8 Å². The van der Waals surface area contributed by atoms with Gasteiger partial charge in [0.15, 0.2) is 35.0 Å². The van der Waals surface area contributed by atoms with Crippen molar-refractivity contribution >= 4 is 51.9 Å². The number of nitrogens with zero attached hydrogens (tertiary/aromatic N) is 8. The number of carbonyl (C=O) groups excluding carboxylic acids is 2. The van der Waals surface area contributed by atoms with Crippen molar-refractivity contribution in [2.45, 2.75) is 77.7 Å². The van der Waals surface area contributed by atoms with Gasteiger partial charge in [-0.25, -0.2) is 9.78 Å². The van der Waals surface area contributed by atoms with Crippen LogP contribution in [0.4, 0.5) is 17.7 Å². The van der Waals surface area contributed by atoms with Crippen LogP contribution in [0.1, 0.15) is 44.5 Å². The Bertz CT molecular complexity index is 2240. The average Bonchev–Trinajstić information content (AvgIpc) is 3.78. The van der Waals surface area contributed by atoms with Gasteiger partial charge >= 0.3 is 5.69 Å². The maximum Gasteiger partial charge on any atom is 0.332 e. The monoisotopic (exact) mass is 718 g/mol. The zero-order chi connectivity index (χ0) is 37.3. The summed E-state index contributed by atoms with van der Waals surface area (Å²) in [4.78, 5) is 68.3. The lowest BCUT2D eigenvalue weighted by molar-refractivity contribution is -0.137. The van der Waals surface area contributed by atoms with E-state index in [0.29, 0.717) is 32.5 Å². The van der Waals surface area contributed by atoms with Crippen molar-refractivity contribution in [3.05, 3.63) is 62.6 Å². The minimum absolute atomic E-state index is 0.102. The predicted octanol–water partition coefficient (Wildman–Crippen LogP) is -0.360. The topological polar surface area (TPSA) is 251 Å². The van der Waals surface area contributed by atoms with E-state index in [-0.39, 0.29) is 58.9 Å². The van der Waals surface area contributed by atoms with Crippen molar-refractivity contribution in [2.75, 3.05) is 29.5 Å². The second kappa shape index (κ2) is 14.9. The van der Waals surface area contributed by atoms with Gasteiger partial charge in [0.05, 0.1) is 6.33 Å². The summed E-state index contributed by atoms with van der Waals surface area (Å²) >= 11 is 0. The van der Waals surface area contributed by atoms with Gasteiger partial charge in [-0.3, -0.25) is 33.4 Å². The summed E-state index contributed by atoms with van der Waals surface area (Å²) in [7, 11) is 1.63. The van der Waals surface area contributed by atoms with Gasteiger partial charge in [-0.1, -0.05) is 24.3 Å². The van der Waals surface area contributed by atoms with E-state index >= 15 is 0 Å². The van der Waals surface area contributed by atoms with Gasteiger partial charge in [0.1, 0.15) is 17.7 Å². The molecule has 0 aliphatic carbocycles. The number of aryl methyl sites for hydroxylation is 3. The van der Waals surface area contributed by atoms with Crippen LogP contribution in [0, 0.1) is 0 Å². The highest BCUT2D eigenvalue weighted by Gasteiger charge is 2.47. The van der Waals surface area contributed by atoms with Gasteiger partial charge in [-0.05, 0) is 44.7 Å². The standard InChI is InChI=1S/C33H42N12O7/c1-5-35-28(49)24-22(47)23(48)30(52-24)45-16-37-20-25(34)39-31(40-26(20)45)36-15-14-18-10-8-17(9-11-18)12-13-19(46)38-32-41-27-21(42(32)4)29(50)44(7-3)33(51)43(27)6-2/h8-11,16,22-24,30,47-48H,5-7,12-15H2,1-4H3,(H,35,49)(H,38,41,46)(H3,34,36,39,40)/t22-,23+,24+,30+/m0/s1. The number of ether oxygens (including phenoxy) is 1. The van der Waals surface area contributed by atoms with E-state index in [2.05, 4.69) is 35.9 Å². The Balaban J connectivity index is 1.05. The summed E-state index contributed by atoms with van der Waals surface area (Å²) in [5.41, 5.74) is 8.26. The van der Waals surface area contributed by atoms with E-state index in [4.69, 9.17) is 10.5 Å². The molecule has 0 saturated carbocycles. The van der Waals surface area contributed by atoms with Crippen LogP contribution in [0.3, 0.4) is 0 Å². The second-order valence-corrected chi connectivity index (χ2v) is 12.4. The Hall–Kier alpha value is -5.66. The van der Waals surface area contributed by atoms with E-state index in [0.717, 1.165) is 15.7 Å². The van der Waals surface area contributed by atoms with E-state index in [9.17, 15) is 29.4 Å². The molecule has 5 heterocycles. The van der Waals surface area contributed by atoms with Crippen LogP contribution < -0.4 is 32.9 Å². The number of aromatic nitrogens is 8. The number of imidazole rings is 2. The summed E-state index contributed by atoms with van der Waals surface area (Å²) in [6, 6.07) is 7.82. The number of nitrogen functional groups attached to an aromatic ring is 1. The van der Waals surface area contributed by atoms with Gasteiger partial charge in [0.2, 0.25) is 17.8 Å². The van der Waals surface area contributed by atoms with Crippen molar-refractivity contribution in [1.82, 2.24) is 43.5 Å². The van der Waals surface area contributed by atoms with Crippen LogP contribution >= 0.6 is 0 Å². The number of anilines is 3. The maximum absolute atomic E-state index is 12.9. The lowest BCUT2D eigenvalue weighted by atomic mass is 10.1. The molecule has 1 aliphatic rings. The molecule has 0 radical (unpaired) electrons. The van der Waals surface area contributed by atoms with Crippen molar-refractivity contribution in [1.29, 1.82) is 0 Å². The highest BCUT2D eigenvalue weighted by Crippen LogP contribution is 2.32. The van der Waals surface area contributed by atoms with Gasteiger partial charge in [-0.2, -0.15) is 15.0 Å². The number of aliphatic hydroxyl groups is 2. The number of nitrogens with two attached hydrogens (primary N) is 1. The third kappa shape index (κ3) is 6.72. The highest BCUT2D eigenvalue weighted by molar-refractivity contribution is 5.91. The van der Waals surface area contributed by atoms with E-state index in [1.165, 1.54) is 20.0 Å². The first-order chi connectivity index (χ1) is 25.0. The molecule has 5 aromatic rings. The zero-order valence-electron chi connectivity index (χ0n) is 29.2. The SMILES string of the molecule is CCNC(=O)[C@@H]1O[C@@H](n2cnc3c(N)nc(NCCc4ccc(CCC(=O)Nc5nc6c(c(=O)n(CC)c(=O)n6CC)n5C)cc4)nc32)[C@H](O)[C@@H]1O. The first-order valence-corrected chi connectivity index (χ1v) is 17.1. The smallest absolute Gasteiger partial charge is 0.332 e. The molecule has 1 saturated heterocycles. The van der Waals surface area contributed by atoms with Crippen LogP contribution in [0.5, 0.6) is 0 Å². The zero-order valence-corrected chi connectivity index (χ0v) is 29.2. The number of fused-ring (bicyclic) bond motifs is 2. The average molecular weight is 719 g/mol. The predicted molar refractivity (Wildman–Crippen MR) is 191 cm³/mol. The lowest BCUT2D eigenvalue weighted by Gasteiger charge is -2.16. The Morgan fingerprint density at radius 2 is 1.63 bits per heavy atom. The van der Waals surface area contributed by atoms with Crippen molar-refractivity contribution in [2.24, 2.45) is 7.05 Å². The minimum atomic E-state index is -1.45. The fourth-order valence-electron chi connectivity index (χ4n) is 6.26. The summed E-state index contributed by atoms with van der Waals surface area (Å²) in [5, 5.41) is 29.6. The molecule has 4 atom stereocenters. The van der Waals surface area contributed by atoms with Crippen LogP contribution in [-0.4, -0.2) is 91.6 Å². The third-order valence-electron chi connectivity index (χ3n) is 9.06. The molecule has 1 aliphatic heterocycles.